The van der Waals surface area contributed by atoms with Crippen molar-refractivity contribution in [2.24, 2.45) is 10.9 Å². The lowest BCUT2D eigenvalue weighted by atomic mass is 9.94. The topological polar surface area (TPSA) is 80.7 Å². The fourth-order valence-electron chi connectivity index (χ4n) is 6.93. The van der Waals surface area contributed by atoms with Crippen LogP contribution in [0.1, 0.15) is 31.4 Å². The lowest BCUT2D eigenvalue weighted by Crippen LogP contribution is -2.55. The van der Waals surface area contributed by atoms with Gasteiger partial charge in [-0.1, -0.05) is 18.2 Å². The summed E-state index contributed by atoms with van der Waals surface area (Å²) in [6.07, 6.45) is -1.32. The van der Waals surface area contributed by atoms with Crippen molar-refractivity contribution in [1.29, 1.82) is 0 Å². The molecule has 2 amide bonds. The Morgan fingerprint density at radius 1 is 1.02 bits per heavy atom. The molecule has 4 aliphatic rings. The molecular formula is C36H42F4N6O3. The van der Waals surface area contributed by atoms with Gasteiger partial charge >= 0.3 is 6.18 Å². The molecule has 1 unspecified atom stereocenters. The van der Waals surface area contributed by atoms with E-state index in [-0.39, 0.29) is 17.8 Å². The molecule has 2 saturated heterocycles. The van der Waals surface area contributed by atoms with Crippen molar-refractivity contribution < 1.29 is 31.9 Å². The van der Waals surface area contributed by atoms with E-state index in [0.717, 1.165) is 44.6 Å². The number of rotatable bonds is 7. The maximum atomic E-state index is 16.0. The van der Waals surface area contributed by atoms with Crippen LogP contribution in [0.25, 0.3) is 5.57 Å². The number of ether oxygens (including phenoxy) is 1. The standard InChI is InChI=1S/C36H42F4N6O3/c1-23-20-46(21-24(2)43(23)3)33-18-31(37)28(16-32(33)42-35(48)29-19-41-34(47)17-30(29)36(38,39)40)26-8-10-44(11-9-26)22-25-4-6-27(7-5-25)45-12-14-49-15-13-45/h4-8,16-19,23-24,29H,9-15,20-22H2,1-3H3,(H,42,48)/t23-,24+,29?. The maximum absolute atomic E-state index is 16.0. The number of dihydropyridines is 1. The lowest BCUT2D eigenvalue weighted by Gasteiger charge is -2.44. The highest BCUT2D eigenvalue weighted by molar-refractivity contribution is 6.11. The Kier molecular flexibility index (Phi) is 10.2. The Balaban J connectivity index is 1.23. The smallest absolute Gasteiger partial charge is 0.378 e. The zero-order valence-electron chi connectivity index (χ0n) is 28.0. The van der Waals surface area contributed by atoms with Crippen LogP contribution in [-0.2, 0) is 20.9 Å². The van der Waals surface area contributed by atoms with Gasteiger partial charge in [0.25, 0.3) is 5.91 Å². The van der Waals surface area contributed by atoms with Gasteiger partial charge in [0.15, 0.2) is 0 Å². The highest BCUT2D eigenvalue weighted by Gasteiger charge is 2.43. The summed E-state index contributed by atoms with van der Waals surface area (Å²) in [5.41, 5.74) is 2.71. The second-order valence-electron chi connectivity index (χ2n) is 13.3. The number of alkyl halides is 3. The van der Waals surface area contributed by atoms with Crippen molar-refractivity contribution in [3.05, 3.63) is 71.1 Å². The van der Waals surface area contributed by atoms with Crippen LogP contribution in [0, 0.1) is 11.7 Å². The highest BCUT2D eigenvalue weighted by atomic mass is 19.4. The van der Waals surface area contributed by atoms with Crippen molar-refractivity contribution in [3.63, 3.8) is 0 Å². The van der Waals surface area contributed by atoms with Crippen LogP contribution in [0.3, 0.4) is 0 Å². The number of hydrogen-bond donors (Lipinski definition) is 1. The molecule has 262 valence electrons. The molecule has 2 aromatic rings. The van der Waals surface area contributed by atoms with Gasteiger partial charge in [0.1, 0.15) is 11.7 Å². The molecule has 0 aromatic heterocycles. The second-order valence-corrected chi connectivity index (χ2v) is 13.3. The van der Waals surface area contributed by atoms with Crippen LogP contribution in [0.5, 0.6) is 0 Å². The van der Waals surface area contributed by atoms with E-state index in [1.54, 1.807) is 0 Å². The minimum absolute atomic E-state index is 0.105. The van der Waals surface area contributed by atoms with Crippen molar-refractivity contribution in [3.8, 4) is 0 Å². The lowest BCUT2D eigenvalue weighted by molar-refractivity contribution is -0.124. The number of hydrogen-bond acceptors (Lipinski definition) is 7. The third-order valence-electron chi connectivity index (χ3n) is 9.98. The number of halogens is 4. The first-order valence-corrected chi connectivity index (χ1v) is 16.7. The minimum atomic E-state index is -4.91. The van der Waals surface area contributed by atoms with E-state index in [4.69, 9.17) is 4.74 Å². The van der Waals surface area contributed by atoms with Gasteiger partial charge in [-0.2, -0.15) is 13.2 Å². The normalized spacial score (nSPS) is 24.1. The Labute approximate surface area is 283 Å². The largest absolute Gasteiger partial charge is 0.414 e. The first-order valence-electron chi connectivity index (χ1n) is 16.7. The summed E-state index contributed by atoms with van der Waals surface area (Å²) in [5, 5.41) is 2.66. The Bertz CT molecular complexity index is 1640. The van der Waals surface area contributed by atoms with E-state index in [1.165, 1.54) is 23.4 Å². The summed E-state index contributed by atoms with van der Waals surface area (Å²) in [7, 11) is 2.01. The molecule has 1 N–H and O–H groups in total. The molecule has 6 rings (SSSR count). The van der Waals surface area contributed by atoms with Crippen LogP contribution in [-0.4, -0.2) is 106 Å². The predicted octanol–water partition coefficient (Wildman–Crippen LogP) is 5.13. The zero-order valence-corrected chi connectivity index (χ0v) is 28.0. The molecule has 3 atom stereocenters. The van der Waals surface area contributed by atoms with Gasteiger partial charge in [-0.15, -0.1) is 0 Å². The minimum Gasteiger partial charge on any atom is -0.378 e. The molecule has 4 heterocycles. The molecule has 4 aliphatic heterocycles. The average molecular weight is 683 g/mol. The summed E-state index contributed by atoms with van der Waals surface area (Å²) >= 11 is 0. The number of anilines is 3. The van der Waals surface area contributed by atoms with Crippen LogP contribution >= 0.6 is 0 Å². The van der Waals surface area contributed by atoms with Gasteiger partial charge in [0, 0.05) is 81.4 Å². The first kappa shape index (κ1) is 34.8. The van der Waals surface area contributed by atoms with Gasteiger partial charge in [0.05, 0.1) is 30.2 Å². The average Bonchev–Trinajstić information content (AvgIpc) is 3.08. The molecule has 0 radical (unpaired) electrons. The maximum Gasteiger partial charge on any atom is 0.414 e. The number of piperazine rings is 1. The third kappa shape index (κ3) is 7.89. The van der Waals surface area contributed by atoms with Crippen LogP contribution in [0.2, 0.25) is 0 Å². The molecule has 0 bridgehead atoms. The molecule has 0 aliphatic carbocycles. The molecular weight excluding hydrogens is 640 g/mol. The summed E-state index contributed by atoms with van der Waals surface area (Å²) in [5.74, 6) is -4.37. The predicted molar refractivity (Wildman–Crippen MR) is 182 cm³/mol. The fraction of sp³-hybridized carbons (Fsp3) is 0.472. The number of nitrogens with zero attached hydrogens (tertiary/aromatic N) is 5. The van der Waals surface area contributed by atoms with Gasteiger partial charge in [-0.05, 0) is 62.7 Å². The van der Waals surface area contributed by atoms with E-state index in [1.807, 2.05) is 31.9 Å². The summed E-state index contributed by atoms with van der Waals surface area (Å²) < 4.78 is 63.0. The number of benzene rings is 2. The van der Waals surface area contributed by atoms with E-state index in [9.17, 15) is 22.8 Å². The van der Waals surface area contributed by atoms with E-state index < -0.39 is 35.3 Å². The molecule has 2 fully saturated rings. The van der Waals surface area contributed by atoms with Crippen LogP contribution in [0.15, 0.2) is 59.1 Å². The number of carbonyl (C=O) groups excluding carboxylic acids is 2. The Hall–Kier alpha value is -4.07. The van der Waals surface area contributed by atoms with Gasteiger partial charge in [-0.3, -0.25) is 19.4 Å². The number of nitrogens with one attached hydrogen (secondary N) is 1. The van der Waals surface area contributed by atoms with Crippen LogP contribution < -0.4 is 15.1 Å². The van der Waals surface area contributed by atoms with Gasteiger partial charge < -0.3 is 19.9 Å². The fourth-order valence-corrected chi connectivity index (χ4v) is 6.93. The van der Waals surface area contributed by atoms with Crippen molar-refractivity contribution in [2.75, 3.05) is 74.6 Å². The second kappa shape index (κ2) is 14.4. The molecule has 13 heteroatoms. The Morgan fingerprint density at radius 2 is 1.71 bits per heavy atom. The first-order chi connectivity index (χ1) is 23.4. The summed E-state index contributed by atoms with van der Waals surface area (Å²) in [6, 6.07) is 11.6. The van der Waals surface area contributed by atoms with Crippen molar-refractivity contribution in [2.45, 2.75) is 45.1 Å². The highest BCUT2D eigenvalue weighted by Crippen LogP contribution is 2.38. The van der Waals surface area contributed by atoms with E-state index >= 15 is 4.39 Å². The number of aliphatic imine (C=N–C) groups is 1. The molecule has 0 spiro atoms. The third-order valence-corrected chi connectivity index (χ3v) is 9.98. The number of carbonyl (C=O) groups is 2. The number of likely N-dealkylation sites (N-methyl/N-ethyl adjacent to an activating group) is 1. The van der Waals surface area contributed by atoms with Gasteiger partial charge in [0.2, 0.25) is 5.91 Å². The number of amides is 2. The quantitative estimate of drug-likeness (QED) is 0.406. The summed E-state index contributed by atoms with van der Waals surface area (Å²) in [6.45, 7) is 10.3. The van der Waals surface area contributed by atoms with Crippen LogP contribution in [0.4, 0.5) is 34.6 Å². The summed E-state index contributed by atoms with van der Waals surface area (Å²) in [4.78, 5) is 37.3. The SMILES string of the molecule is C[C@@H]1CN(c2cc(F)c(C3=CCN(Cc4ccc(N5CCOCC5)cc4)CC3)cc2NC(=O)C2C=NC(=O)C=C2C(F)(F)F)C[C@H](C)N1C. The van der Waals surface area contributed by atoms with Crippen molar-refractivity contribution >= 4 is 40.7 Å². The molecule has 9 nitrogen and oxygen atoms in total. The monoisotopic (exact) mass is 682 g/mol. The van der Waals surface area contributed by atoms with E-state index in [0.29, 0.717) is 49.9 Å². The number of morpholine rings is 1. The molecule has 0 saturated carbocycles. The van der Waals surface area contributed by atoms with E-state index in [2.05, 4.69) is 49.3 Å². The Morgan fingerprint density at radius 3 is 2.35 bits per heavy atom. The molecule has 2 aromatic carbocycles. The van der Waals surface area contributed by atoms with Crippen molar-refractivity contribution in [1.82, 2.24) is 9.80 Å². The van der Waals surface area contributed by atoms with Gasteiger partial charge in [-0.25, -0.2) is 9.38 Å². The molecule has 49 heavy (non-hydrogen) atoms. The zero-order chi connectivity index (χ0) is 34.9.